The van der Waals surface area contributed by atoms with Gasteiger partial charge in [-0.15, -0.1) is 0 Å². The quantitative estimate of drug-likeness (QED) is 0.819. The van der Waals surface area contributed by atoms with Crippen molar-refractivity contribution in [1.82, 2.24) is 10.2 Å². The third-order valence-electron chi connectivity index (χ3n) is 4.46. The summed E-state index contributed by atoms with van der Waals surface area (Å²) in [4.78, 5) is 38.6. The molecule has 2 N–H and O–H groups in total. The first-order valence-electron chi connectivity index (χ1n) is 9.15. The third kappa shape index (κ3) is 4.97. The van der Waals surface area contributed by atoms with Gasteiger partial charge in [0, 0.05) is 26.1 Å². The third-order valence-corrected chi connectivity index (χ3v) is 4.46. The fourth-order valence-electron chi connectivity index (χ4n) is 3.04. The molecule has 0 bridgehead atoms. The number of anilines is 1. The van der Waals surface area contributed by atoms with Crippen LogP contribution in [0.15, 0.2) is 47.1 Å². The van der Waals surface area contributed by atoms with E-state index >= 15 is 0 Å². The number of amides is 3. The molecule has 1 aliphatic rings. The lowest BCUT2D eigenvalue weighted by atomic mass is 10.1. The van der Waals surface area contributed by atoms with E-state index in [2.05, 4.69) is 10.6 Å². The molecule has 0 spiro atoms. The van der Waals surface area contributed by atoms with Crippen molar-refractivity contribution in [3.8, 4) is 0 Å². The number of likely N-dealkylation sites (tertiary alicyclic amines) is 1. The van der Waals surface area contributed by atoms with Gasteiger partial charge in [0.15, 0.2) is 5.76 Å². The molecule has 142 valence electrons. The fourth-order valence-corrected chi connectivity index (χ4v) is 3.04. The highest BCUT2D eigenvalue weighted by atomic mass is 16.3. The summed E-state index contributed by atoms with van der Waals surface area (Å²) in [6.07, 6.45) is 4.67. The van der Waals surface area contributed by atoms with Gasteiger partial charge in [0.05, 0.1) is 17.5 Å². The molecule has 1 saturated heterocycles. The van der Waals surface area contributed by atoms with Crippen LogP contribution >= 0.6 is 0 Å². The number of para-hydroxylation sites is 1. The fraction of sp³-hybridized carbons (Fsp3) is 0.350. The molecule has 1 aromatic carbocycles. The molecule has 0 atom stereocenters. The topological polar surface area (TPSA) is 91.6 Å². The molecule has 2 aromatic rings. The Morgan fingerprint density at radius 3 is 2.52 bits per heavy atom. The van der Waals surface area contributed by atoms with Crippen LogP contribution < -0.4 is 10.6 Å². The number of nitrogens with zero attached hydrogens (tertiary/aromatic N) is 1. The van der Waals surface area contributed by atoms with Crippen molar-refractivity contribution in [2.24, 2.45) is 0 Å². The van der Waals surface area contributed by atoms with Crippen molar-refractivity contribution >= 4 is 23.4 Å². The van der Waals surface area contributed by atoms with E-state index in [0.29, 0.717) is 11.3 Å². The number of hydrogen-bond acceptors (Lipinski definition) is 4. The van der Waals surface area contributed by atoms with Gasteiger partial charge in [-0.25, -0.2) is 0 Å². The molecule has 0 saturated carbocycles. The minimum Gasteiger partial charge on any atom is -0.459 e. The normalized spacial score (nSPS) is 13.9. The number of piperidine rings is 1. The summed E-state index contributed by atoms with van der Waals surface area (Å²) in [5.74, 6) is -0.494. The van der Waals surface area contributed by atoms with Crippen molar-refractivity contribution in [3.63, 3.8) is 0 Å². The maximum Gasteiger partial charge on any atom is 0.286 e. The van der Waals surface area contributed by atoms with E-state index in [1.165, 1.54) is 6.26 Å². The Morgan fingerprint density at radius 1 is 1.00 bits per heavy atom. The van der Waals surface area contributed by atoms with Gasteiger partial charge in [-0.05, 0) is 43.5 Å². The molecule has 3 rings (SSSR count). The molecule has 1 fully saturated rings. The van der Waals surface area contributed by atoms with Crippen molar-refractivity contribution in [3.05, 3.63) is 54.0 Å². The number of nitrogens with one attached hydrogen (secondary N) is 2. The average molecular weight is 369 g/mol. The summed E-state index contributed by atoms with van der Waals surface area (Å²) in [5.41, 5.74) is 0.989. The number of rotatable bonds is 6. The minimum atomic E-state index is -0.367. The van der Waals surface area contributed by atoms with E-state index in [4.69, 9.17) is 4.42 Å². The summed E-state index contributed by atoms with van der Waals surface area (Å²) in [6.45, 7) is 1.67. The van der Waals surface area contributed by atoms with Gasteiger partial charge in [-0.1, -0.05) is 12.1 Å². The first-order chi connectivity index (χ1) is 13.1. The number of carbonyl (C=O) groups excluding carboxylic acids is 3. The molecule has 3 amide bonds. The molecule has 0 unspecified atom stereocenters. The second-order valence-electron chi connectivity index (χ2n) is 6.43. The van der Waals surface area contributed by atoms with Gasteiger partial charge < -0.3 is 20.0 Å². The van der Waals surface area contributed by atoms with Crippen LogP contribution in [-0.4, -0.2) is 42.3 Å². The van der Waals surface area contributed by atoms with Crippen LogP contribution in [0.4, 0.5) is 5.69 Å². The maximum atomic E-state index is 12.7. The lowest BCUT2D eigenvalue weighted by Crippen LogP contribution is -2.36. The van der Waals surface area contributed by atoms with Crippen LogP contribution in [0.5, 0.6) is 0 Å². The molecule has 27 heavy (non-hydrogen) atoms. The minimum absolute atomic E-state index is 0.0586. The molecule has 0 aliphatic carbocycles. The zero-order chi connectivity index (χ0) is 19.1. The summed E-state index contributed by atoms with van der Waals surface area (Å²) in [5, 5.41) is 5.40. The molecule has 1 aromatic heterocycles. The van der Waals surface area contributed by atoms with Gasteiger partial charge in [0.25, 0.3) is 11.8 Å². The zero-order valence-electron chi connectivity index (χ0n) is 15.1. The molecular formula is C20H23N3O4. The van der Waals surface area contributed by atoms with Crippen molar-refractivity contribution < 1.29 is 18.8 Å². The van der Waals surface area contributed by atoms with E-state index in [1.54, 1.807) is 36.4 Å². The van der Waals surface area contributed by atoms with Gasteiger partial charge in [-0.2, -0.15) is 0 Å². The largest absolute Gasteiger partial charge is 0.459 e. The molecule has 1 aliphatic heterocycles. The van der Waals surface area contributed by atoms with Crippen LogP contribution in [0.3, 0.4) is 0 Å². The van der Waals surface area contributed by atoms with Crippen LogP contribution in [0.25, 0.3) is 0 Å². The van der Waals surface area contributed by atoms with E-state index in [1.807, 2.05) is 4.90 Å². The lowest BCUT2D eigenvalue weighted by molar-refractivity contribution is -0.116. The summed E-state index contributed by atoms with van der Waals surface area (Å²) < 4.78 is 4.99. The highest BCUT2D eigenvalue weighted by molar-refractivity contribution is 6.03. The Labute approximate surface area is 157 Å². The zero-order valence-corrected chi connectivity index (χ0v) is 15.1. The Hall–Kier alpha value is -3.09. The maximum absolute atomic E-state index is 12.7. The monoisotopic (exact) mass is 369 g/mol. The second-order valence-corrected chi connectivity index (χ2v) is 6.43. The standard InChI is InChI=1S/C20H23N3O4/c24-18(10-11-21-19(25)17-9-6-14-27-17)22-16-8-3-2-7-15(16)20(26)23-12-4-1-5-13-23/h2-3,6-9,14H,1,4-5,10-13H2,(H,21,25)(H,22,24). The number of hydrogen-bond donors (Lipinski definition) is 2. The van der Waals surface area contributed by atoms with Crippen LogP contribution in [0.2, 0.25) is 0 Å². The lowest BCUT2D eigenvalue weighted by Gasteiger charge is -2.27. The first-order valence-corrected chi connectivity index (χ1v) is 9.15. The Balaban J connectivity index is 1.54. The molecular weight excluding hydrogens is 346 g/mol. The van der Waals surface area contributed by atoms with Gasteiger partial charge in [0.1, 0.15) is 0 Å². The van der Waals surface area contributed by atoms with E-state index in [0.717, 1.165) is 32.4 Å². The van der Waals surface area contributed by atoms with Crippen molar-refractivity contribution in [1.29, 1.82) is 0 Å². The summed E-state index contributed by atoms with van der Waals surface area (Å²) >= 11 is 0. The highest BCUT2D eigenvalue weighted by Crippen LogP contribution is 2.20. The SMILES string of the molecule is O=C(CCNC(=O)c1ccco1)Nc1ccccc1C(=O)N1CCCCC1. The van der Waals surface area contributed by atoms with Gasteiger partial charge >= 0.3 is 0 Å². The first kappa shape index (κ1) is 18.7. The second kappa shape index (κ2) is 9.02. The van der Waals surface area contributed by atoms with E-state index in [9.17, 15) is 14.4 Å². The molecule has 7 nitrogen and oxygen atoms in total. The summed E-state index contributed by atoms with van der Waals surface area (Å²) in [7, 11) is 0. The Kier molecular flexibility index (Phi) is 6.25. The van der Waals surface area contributed by atoms with Crippen LogP contribution in [-0.2, 0) is 4.79 Å². The van der Waals surface area contributed by atoms with Crippen molar-refractivity contribution in [2.45, 2.75) is 25.7 Å². The molecule has 7 heteroatoms. The smallest absolute Gasteiger partial charge is 0.286 e. The predicted molar refractivity (Wildman–Crippen MR) is 100 cm³/mol. The van der Waals surface area contributed by atoms with Gasteiger partial charge in [0.2, 0.25) is 5.91 Å². The number of benzene rings is 1. The van der Waals surface area contributed by atoms with E-state index < -0.39 is 0 Å². The molecule has 2 heterocycles. The number of carbonyl (C=O) groups is 3. The molecule has 0 radical (unpaired) electrons. The van der Waals surface area contributed by atoms with Crippen molar-refractivity contribution in [2.75, 3.05) is 25.0 Å². The number of furan rings is 1. The average Bonchev–Trinajstić information content (AvgIpc) is 3.23. The Morgan fingerprint density at radius 2 is 1.78 bits per heavy atom. The van der Waals surface area contributed by atoms with E-state index in [-0.39, 0.29) is 36.4 Å². The highest BCUT2D eigenvalue weighted by Gasteiger charge is 2.21. The predicted octanol–water partition coefficient (Wildman–Crippen LogP) is 2.66. The van der Waals surface area contributed by atoms with Crippen LogP contribution in [0.1, 0.15) is 46.6 Å². The Bertz CT molecular complexity index is 795. The summed E-state index contributed by atoms with van der Waals surface area (Å²) in [6, 6.07) is 10.2. The van der Waals surface area contributed by atoms with Gasteiger partial charge in [-0.3, -0.25) is 14.4 Å². The van der Waals surface area contributed by atoms with Crippen LogP contribution in [0, 0.1) is 0 Å².